The number of carbonyl (C=O) groups excluding carboxylic acids is 2. The Morgan fingerprint density at radius 3 is 0.636 bits per heavy atom. The quantitative estimate of drug-likeness (QED) is 0.212. The molecule has 0 bridgehead atoms. The number of rotatable bonds is 4. The minimum atomic E-state index is -0.122. The maximum absolute atomic E-state index is 15.1. The normalized spacial score (nSPS) is 12.2. The van der Waals surface area contributed by atoms with E-state index in [2.05, 4.69) is 0 Å². The van der Waals surface area contributed by atoms with Crippen molar-refractivity contribution < 1.29 is 9.59 Å². The number of fused-ring (bicyclic) bond motifs is 2. The van der Waals surface area contributed by atoms with Crippen LogP contribution in [-0.4, -0.2) is 11.6 Å². The van der Waals surface area contributed by atoms with Gasteiger partial charge in [-0.05, 0) is 72.2 Å². The fraction of sp³-hybridized carbons (Fsp3) is 0.0952. The Hall–Kier alpha value is -5.34. The molecule has 0 unspecified atom stereocenters. The van der Waals surface area contributed by atoms with Gasteiger partial charge in [0.05, 0.1) is 0 Å². The highest BCUT2D eigenvalue weighted by Gasteiger charge is 2.38. The molecule has 0 heterocycles. The summed E-state index contributed by atoms with van der Waals surface area (Å²) in [6, 6.07) is 40.7. The van der Waals surface area contributed by atoms with Gasteiger partial charge in [-0.1, -0.05) is 144 Å². The van der Waals surface area contributed by atoms with Crippen molar-refractivity contribution in [3.63, 3.8) is 0 Å². The third-order valence-corrected chi connectivity index (χ3v) is 8.77. The van der Waals surface area contributed by atoms with Crippen LogP contribution in [0.3, 0.4) is 0 Å². The lowest BCUT2D eigenvalue weighted by Gasteiger charge is -2.27. The zero-order valence-electron chi connectivity index (χ0n) is 25.4. The summed E-state index contributed by atoms with van der Waals surface area (Å²) in [5, 5.41) is 0. The van der Waals surface area contributed by atoms with Gasteiger partial charge in [-0.15, -0.1) is 0 Å². The van der Waals surface area contributed by atoms with E-state index in [4.69, 9.17) is 0 Å². The van der Waals surface area contributed by atoms with Crippen LogP contribution in [0.2, 0.25) is 0 Å². The average Bonchev–Trinajstić information content (AvgIpc) is 3.04. The van der Waals surface area contributed by atoms with E-state index >= 15 is 9.59 Å². The van der Waals surface area contributed by atoms with Gasteiger partial charge in [0.2, 0.25) is 0 Å². The number of aryl methyl sites for hydroxylation is 4. The van der Waals surface area contributed by atoms with E-state index in [0.29, 0.717) is 22.3 Å². The summed E-state index contributed by atoms with van der Waals surface area (Å²) in [6.45, 7) is 8.19. The number of ketones is 2. The van der Waals surface area contributed by atoms with E-state index in [1.54, 1.807) is 0 Å². The summed E-state index contributed by atoms with van der Waals surface area (Å²) in [6.07, 6.45) is 0. The number of hydrogen-bond acceptors (Lipinski definition) is 2. The number of hydrogen-bond donors (Lipinski definition) is 0. The third-order valence-electron chi connectivity index (χ3n) is 8.77. The van der Waals surface area contributed by atoms with Crippen LogP contribution in [0.1, 0.15) is 54.1 Å². The predicted octanol–water partition coefficient (Wildman–Crippen LogP) is 10.4. The molecule has 0 aliphatic heterocycles. The Bertz CT molecular complexity index is 1770. The molecule has 6 aromatic rings. The molecule has 1 aliphatic rings. The molecule has 0 saturated heterocycles. The Labute approximate surface area is 258 Å². The first-order valence-corrected chi connectivity index (χ1v) is 15.0. The van der Waals surface area contributed by atoms with Gasteiger partial charge in [0.15, 0.2) is 11.6 Å². The average molecular weight is 569 g/mol. The SMILES string of the molecule is Cc1ccc(-c2ccc(-c3ccc(C)cc3)c3c2C(=O)c2c(-c4ccc(C)cc4)ccc(-c4ccc(C)cc4)c2C3=O)cc1. The van der Waals surface area contributed by atoms with Crippen LogP contribution in [0.4, 0.5) is 0 Å². The van der Waals surface area contributed by atoms with Crippen molar-refractivity contribution in [1.82, 2.24) is 0 Å². The Balaban J connectivity index is 1.57. The smallest absolute Gasteiger partial charge is 0.195 e. The van der Waals surface area contributed by atoms with Crippen molar-refractivity contribution in [3.8, 4) is 44.5 Å². The van der Waals surface area contributed by atoms with E-state index in [-0.39, 0.29) is 11.6 Å². The zero-order valence-corrected chi connectivity index (χ0v) is 25.4. The fourth-order valence-electron chi connectivity index (χ4n) is 6.29. The second kappa shape index (κ2) is 10.7. The lowest BCUT2D eigenvalue weighted by Crippen LogP contribution is -2.25. The molecule has 0 radical (unpaired) electrons. The molecule has 0 saturated carbocycles. The van der Waals surface area contributed by atoms with Crippen LogP contribution in [0.5, 0.6) is 0 Å². The van der Waals surface area contributed by atoms with Crippen LogP contribution in [0.25, 0.3) is 44.5 Å². The minimum Gasteiger partial charge on any atom is -0.289 e. The largest absolute Gasteiger partial charge is 0.289 e. The summed E-state index contributed by atoms with van der Waals surface area (Å²) in [7, 11) is 0. The van der Waals surface area contributed by atoms with Gasteiger partial charge >= 0.3 is 0 Å². The highest BCUT2D eigenvalue weighted by Crippen LogP contribution is 2.45. The van der Waals surface area contributed by atoms with Crippen LogP contribution in [0, 0.1) is 27.7 Å². The Morgan fingerprint density at radius 2 is 0.455 bits per heavy atom. The molecule has 7 rings (SSSR count). The van der Waals surface area contributed by atoms with Crippen molar-refractivity contribution >= 4 is 11.6 Å². The first kappa shape index (κ1) is 27.5. The lowest BCUT2D eigenvalue weighted by atomic mass is 9.73. The highest BCUT2D eigenvalue weighted by molar-refractivity contribution is 6.35. The molecule has 2 nitrogen and oxygen atoms in total. The fourth-order valence-corrected chi connectivity index (χ4v) is 6.29. The monoisotopic (exact) mass is 568 g/mol. The van der Waals surface area contributed by atoms with Gasteiger partial charge < -0.3 is 0 Å². The molecule has 0 fully saturated rings. The molecule has 6 aromatic carbocycles. The molecule has 0 aromatic heterocycles. The van der Waals surface area contributed by atoms with Gasteiger partial charge in [-0.3, -0.25) is 9.59 Å². The van der Waals surface area contributed by atoms with Crippen molar-refractivity contribution in [1.29, 1.82) is 0 Å². The van der Waals surface area contributed by atoms with Crippen LogP contribution in [-0.2, 0) is 0 Å². The zero-order chi connectivity index (χ0) is 30.5. The summed E-state index contributed by atoms with van der Waals surface area (Å²) in [5.41, 5.74) is 13.2. The molecule has 44 heavy (non-hydrogen) atoms. The first-order chi connectivity index (χ1) is 21.3. The maximum Gasteiger partial charge on any atom is 0.195 e. The minimum absolute atomic E-state index is 0.122. The molecule has 1 aliphatic carbocycles. The standard InChI is InChI=1S/C42H32O2/c1-25-5-13-29(14-6-25)33-21-22-34(30-15-7-26(2)8-16-30)38-37(33)41(43)39-35(31-17-9-27(3)10-18-31)23-24-36(40(39)42(38)44)32-19-11-28(4)12-20-32/h5-24H,1-4H3. The van der Waals surface area contributed by atoms with E-state index in [1.165, 1.54) is 0 Å². The van der Waals surface area contributed by atoms with Gasteiger partial charge in [0.1, 0.15) is 0 Å². The maximum atomic E-state index is 15.1. The van der Waals surface area contributed by atoms with Crippen LogP contribution in [0.15, 0.2) is 121 Å². The van der Waals surface area contributed by atoms with Crippen molar-refractivity contribution in [3.05, 3.63) is 166 Å². The second-order valence-corrected chi connectivity index (χ2v) is 11.9. The predicted molar refractivity (Wildman–Crippen MR) is 180 cm³/mol. The summed E-state index contributed by atoms with van der Waals surface area (Å²) in [4.78, 5) is 30.2. The van der Waals surface area contributed by atoms with E-state index in [0.717, 1.165) is 66.8 Å². The van der Waals surface area contributed by atoms with Gasteiger partial charge in [0.25, 0.3) is 0 Å². The van der Waals surface area contributed by atoms with E-state index in [9.17, 15) is 0 Å². The molecule has 2 heteroatoms. The summed E-state index contributed by atoms with van der Waals surface area (Å²) < 4.78 is 0. The van der Waals surface area contributed by atoms with Crippen molar-refractivity contribution in [2.45, 2.75) is 27.7 Å². The second-order valence-electron chi connectivity index (χ2n) is 11.9. The van der Waals surface area contributed by atoms with Crippen molar-refractivity contribution in [2.24, 2.45) is 0 Å². The number of carbonyl (C=O) groups is 2. The molecule has 0 atom stereocenters. The first-order valence-electron chi connectivity index (χ1n) is 15.0. The molecule has 0 N–H and O–H groups in total. The molecular weight excluding hydrogens is 536 g/mol. The van der Waals surface area contributed by atoms with Gasteiger partial charge in [0, 0.05) is 22.3 Å². The topological polar surface area (TPSA) is 34.1 Å². The van der Waals surface area contributed by atoms with Crippen molar-refractivity contribution in [2.75, 3.05) is 0 Å². The van der Waals surface area contributed by atoms with Gasteiger partial charge in [-0.25, -0.2) is 0 Å². The highest BCUT2D eigenvalue weighted by atomic mass is 16.1. The molecule has 0 amide bonds. The molecule has 212 valence electrons. The summed E-state index contributed by atoms with van der Waals surface area (Å²) >= 11 is 0. The van der Waals surface area contributed by atoms with Gasteiger partial charge in [-0.2, -0.15) is 0 Å². The third kappa shape index (κ3) is 4.60. The Kier molecular flexibility index (Phi) is 6.71. The van der Waals surface area contributed by atoms with E-state index in [1.807, 2.05) is 149 Å². The molecular formula is C42H32O2. The molecule has 0 spiro atoms. The van der Waals surface area contributed by atoms with Crippen LogP contribution >= 0.6 is 0 Å². The number of benzene rings is 6. The Morgan fingerprint density at radius 1 is 0.273 bits per heavy atom. The van der Waals surface area contributed by atoms with E-state index < -0.39 is 0 Å². The lowest BCUT2D eigenvalue weighted by molar-refractivity contribution is 0.0981. The summed E-state index contributed by atoms with van der Waals surface area (Å²) in [5.74, 6) is -0.243. The van der Waals surface area contributed by atoms with Crippen LogP contribution < -0.4 is 0 Å².